The maximum Gasteiger partial charge on any atom is 0.256 e. The molecule has 0 aliphatic carbocycles. The van der Waals surface area contributed by atoms with Gasteiger partial charge >= 0.3 is 0 Å². The molecule has 7 N–H and O–H groups in total. The molecule has 11 heteroatoms. The zero-order valence-electron chi connectivity index (χ0n) is 20.3. The van der Waals surface area contributed by atoms with Crippen molar-refractivity contribution in [1.82, 2.24) is 9.88 Å². The van der Waals surface area contributed by atoms with E-state index in [4.69, 9.17) is 16.2 Å². The Morgan fingerprint density at radius 1 is 1.19 bits per heavy atom. The molecule has 1 unspecified atom stereocenters. The van der Waals surface area contributed by atoms with E-state index in [1.807, 2.05) is 12.1 Å². The summed E-state index contributed by atoms with van der Waals surface area (Å²) in [5.41, 5.74) is 13.2. The van der Waals surface area contributed by atoms with Crippen molar-refractivity contribution in [3.8, 4) is 11.4 Å². The lowest BCUT2D eigenvalue weighted by Gasteiger charge is -2.28. The van der Waals surface area contributed by atoms with Gasteiger partial charge in [-0.2, -0.15) is 0 Å². The van der Waals surface area contributed by atoms with Crippen LogP contribution in [0.4, 0.5) is 21.7 Å². The highest BCUT2D eigenvalue weighted by Gasteiger charge is 2.27. The van der Waals surface area contributed by atoms with Crippen LogP contribution in [-0.2, 0) is 0 Å². The van der Waals surface area contributed by atoms with Crippen molar-refractivity contribution in [3.05, 3.63) is 75.2 Å². The van der Waals surface area contributed by atoms with E-state index in [0.717, 1.165) is 25.9 Å². The van der Waals surface area contributed by atoms with E-state index in [2.05, 4.69) is 27.0 Å². The molecule has 37 heavy (non-hydrogen) atoms. The number of halogens is 1. The van der Waals surface area contributed by atoms with Crippen molar-refractivity contribution in [2.45, 2.75) is 25.0 Å². The van der Waals surface area contributed by atoms with Gasteiger partial charge < -0.3 is 32.2 Å². The van der Waals surface area contributed by atoms with Crippen LogP contribution in [-0.4, -0.2) is 43.2 Å². The molecule has 10 nitrogen and oxygen atoms in total. The summed E-state index contributed by atoms with van der Waals surface area (Å²) >= 11 is 0. The molecule has 2 aliphatic heterocycles. The first kappa shape index (κ1) is 24.3. The van der Waals surface area contributed by atoms with Gasteiger partial charge in [-0.3, -0.25) is 14.2 Å². The Morgan fingerprint density at radius 2 is 1.92 bits per heavy atom. The highest BCUT2D eigenvalue weighted by atomic mass is 19.1. The number of nitrogens with one attached hydrogen (secondary N) is 3. The highest BCUT2D eigenvalue weighted by Crippen LogP contribution is 2.34. The lowest BCUT2D eigenvalue weighted by Crippen LogP contribution is -2.37. The fourth-order valence-corrected chi connectivity index (χ4v) is 4.84. The zero-order chi connectivity index (χ0) is 26.1. The number of aromatic nitrogens is 1. The van der Waals surface area contributed by atoms with Crippen LogP contribution >= 0.6 is 0 Å². The fraction of sp³-hybridized carbons (Fsp3) is 0.269. The highest BCUT2D eigenvalue weighted by molar-refractivity contribution is 6.01. The van der Waals surface area contributed by atoms with Gasteiger partial charge in [0.2, 0.25) is 5.43 Å². The normalized spacial score (nSPS) is 17.1. The average molecular weight is 506 g/mol. The van der Waals surface area contributed by atoms with Gasteiger partial charge in [-0.1, -0.05) is 6.07 Å². The molecule has 2 aliphatic rings. The Bertz CT molecular complexity index is 1430. The van der Waals surface area contributed by atoms with Gasteiger partial charge in [0.1, 0.15) is 28.8 Å². The Balaban J connectivity index is 1.51. The summed E-state index contributed by atoms with van der Waals surface area (Å²) in [6, 6.07) is 11.5. The monoisotopic (exact) mass is 505 g/mol. The number of fused-ring (bicyclic) bond motifs is 1. The quantitative estimate of drug-likeness (QED) is 0.345. The van der Waals surface area contributed by atoms with Crippen molar-refractivity contribution in [2.24, 2.45) is 10.7 Å². The molecule has 0 bridgehead atoms. The molecule has 0 saturated carbocycles. The summed E-state index contributed by atoms with van der Waals surface area (Å²) in [6.07, 6.45) is 2.80. The molecular formula is C26H28FN7O3. The van der Waals surface area contributed by atoms with Gasteiger partial charge in [0.25, 0.3) is 5.91 Å². The number of carbonyl (C=O) groups is 1. The van der Waals surface area contributed by atoms with E-state index in [1.165, 1.54) is 40.6 Å². The molecule has 5 rings (SSSR count). The van der Waals surface area contributed by atoms with Crippen molar-refractivity contribution in [3.63, 3.8) is 0 Å². The molecule has 192 valence electrons. The van der Waals surface area contributed by atoms with Crippen molar-refractivity contribution < 1.29 is 13.9 Å². The predicted octanol–water partition coefficient (Wildman–Crippen LogP) is 2.37. The maximum absolute atomic E-state index is 13.6. The molecule has 0 radical (unpaired) electrons. The molecule has 3 heterocycles. The Labute approximate surface area is 212 Å². The number of hydrogen-bond donors (Lipinski definition) is 5. The van der Waals surface area contributed by atoms with Gasteiger partial charge in [0, 0.05) is 11.9 Å². The number of methoxy groups -OCH3 is 1. The fourth-order valence-electron chi connectivity index (χ4n) is 4.84. The summed E-state index contributed by atoms with van der Waals surface area (Å²) in [6.45, 7) is 1.98. The minimum Gasteiger partial charge on any atom is -0.495 e. The van der Waals surface area contributed by atoms with Gasteiger partial charge in [-0.05, 0) is 73.8 Å². The molecular weight excluding hydrogens is 477 g/mol. The van der Waals surface area contributed by atoms with E-state index in [9.17, 15) is 14.0 Å². The van der Waals surface area contributed by atoms with E-state index < -0.39 is 23.4 Å². The van der Waals surface area contributed by atoms with Crippen LogP contribution in [0.5, 0.6) is 5.75 Å². The standard InChI is InChI=1S/C26H28FN7O3/c1-37-20-12-15(14-8-10-30-11-9-14)2-7-19(20)32-26-31-13-18-22(35)21(24(29)36)23(28)34(25(18)33-26)17-5-3-16(27)4-6-17/h2-7,12-14,26,30,32-33H,8-11,28H2,1H3,(H2,29,36). The first-order chi connectivity index (χ1) is 17.9. The molecule has 1 amide bonds. The number of amides is 1. The topological polar surface area (TPSA) is 149 Å². The van der Waals surface area contributed by atoms with Crippen LogP contribution < -0.4 is 37.6 Å². The minimum atomic E-state index is -0.964. The summed E-state index contributed by atoms with van der Waals surface area (Å²) in [5, 5.41) is 9.83. The largest absolute Gasteiger partial charge is 0.495 e. The SMILES string of the molecule is COc1cc(C2CCNCC2)ccc1NC1N=Cc2c(n(-c3ccc(F)cc3)c(N)c(C(N)=O)c2=O)N1. The minimum absolute atomic E-state index is 0.110. The Kier molecular flexibility index (Phi) is 6.53. The molecule has 1 fully saturated rings. The number of hydrogen-bond acceptors (Lipinski definition) is 8. The van der Waals surface area contributed by atoms with Crippen molar-refractivity contribution >= 4 is 29.4 Å². The van der Waals surface area contributed by atoms with Crippen molar-refractivity contribution in [2.75, 3.05) is 36.6 Å². The number of aliphatic imine (C=N–C) groups is 1. The number of anilines is 3. The lowest BCUT2D eigenvalue weighted by atomic mass is 9.90. The summed E-state index contributed by atoms with van der Waals surface area (Å²) in [4.78, 5) is 29.5. The predicted molar refractivity (Wildman–Crippen MR) is 141 cm³/mol. The van der Waals surface area contributed by atoms with Crippen LogP contribution in [0.15, 0.2) is 52.3 Å². The van der Waals surface area contributed by atoms with Gasteiger partial charge in [-0.25, -0.2) is 9.38 Å². The summed E-state index contributed by atoms with van der Waals surface area (Å²) in [7, 11) is 1.61. The molecule has 1 atom stereocenters. The number of rotatable bonds is 6. The number of benzene rings is 2. The first-order valence-corrected chi connectivity index (χ1v) is 12.0. The zero-order valence-corrected chi connectivity index (χ0v) is 20.3. The number of nitrogens with two attached hydrogens (primary N) is 2. The average Bonchev–Trinajstić information content (AvgIpc) is 2.90. The second kappa shape index (κ2) is 9.94. The number of pyridine rings is 1. The molecule has 1 saturated heterocycles. The van der Waals surface area contributed by atoms with Gasteiger partial charge in [-0.15, -0.1) is 0 Å². The molecule has 0 spiro atoms. The number of piperidine rings is 1. The smallest absolute Gasteiger partial charge is 0.256 e. The van der Waals surface area contributed by atoms with E-state index in [0.29, 0.717) is 23.0 Å². The second-order valence-corrected chi connectivity index (χ2v) is 8.98. The maximum atomic E-state index is 13.6. The number of nitrogen functional groups attached to an aromatic ring is 1. The van der Waals surface area contributed by atoms with Crippen LogP contribution in [0.25, 0.3) is 5.69 Å². The number of carbonyl (C=O) groups excluding carboxylic acids is 1. The van der Waals surface area contributed by atoms with Crippen molar-refractivity contribution in [1.29, 1.82) is 0 Å². The van der Waals surface area contributed by atoms with Crippen LogP contribution in [0.3, 0.4) is 0 Å². The molecule has 2 aromatic carbocycles. The third-order valence-corrected chi connectivity index (χ3v) is 6.73. The first-order valence-electron chi connectivity index (χ1n) is 12.0. The molecule has 3 aromatic rings. The van der Waals surface area contributed by atoms with E-state index in [-0.39, 0.29) is 22.8 Å². The molecule has 1 aromatic heterocycles. The van der Waals surface area contributed by atoms with Gasteiger partial charge in [0.05, 0.1) is 18.4 Å². The summed E-state index contributed by atoms with van der Waals surface area (Å²) in [5.74, 6) is -0.145. The van der Waals surface area contributed by atoms with Gasteiger partial charge in [0.15, 0.2) is 6.29 Å². The number of primary amides is 1. The van der Waals surface area contributed by atoms with E-state index >= 15 is 0 Å². The number of ether oxygens (including phenoxy) is 1. The lowest BCUT2D eigenvalue weighted by molar-refractivity contribution is 0.0999. The van der Waals surface area contributed by atoms with Crippen LogP contribution in [0.2, 0.25) is 0 Å². The number of nitrogens with zero attached hydrogens (tertiary/aromatic N) is 2. The second-order valence-electron chi connectivity index (χ2n) is 8.98. The van der Waals surface area contributed by atoms with E-state index in [1.54, 1.807) is 7.11 Å². The Morgan fingerprint density at radius 3 is 2.59 bits per heavy atom. The Hall–Kier alpha value is -4.38. The third-order valence-electron chi connectivity index (χ3n) is 6.73. The third kappa shape index (κ3) is 4.60. The van der Waals surface area contributed by atoms with Crippen LogP contribution in [0, 0.1) is 5.82 Å². The summed E-state index contributed by atoms with van der Waals surface area (Å²) < 4.78 is 20.7. The van der Waals surface area contributed by atoms with Crippen LogP contribution in [0.1, 0.15) is 40.2 Å².